The summed E-state index contributed by atoms with van der Waals surface area (Å²) in [6, 6.07) is 15.4. The predicted molar refractivity (Wildman–Crippen MR) is 128 cm³/mol. The number of rotatable bonds is 7. The number of carbonyl (C=O) groups is 2. The van der Waals surface area contributed by atoms with Gasteiger partial charge in [0.15, 0.2) is 0 Å². The molecule has 178 valence electrons. The van der Waals surface area contributed by atoms with Gasteiger partial charge in [0.2, 0.25) is 5.91 Å². The van der Waals surface area contributed by atoms with Gasteiger partial charge in [-0.15, -0.1) is 0 Å². The first-order chi connectivity index (χ1) is 16.7. The molecule has 3 aromatic rings. The highest BCUT2D eigenvalue weighted by molar-refractivity contribution is 5.97. The van der Waals surface area contributed by atoms with Crippen molar-refractivity contribution in [3.05, 3.63) is 65.9 Å². The van der Waals surface area contributed by atoms with Crippen molar-refractivity contribution in [1.82, 2.24) is 9.80 Å². The van der Waals surface area contributed by atoms with Crippen molar-refractivity contribution in [2.24, 2.45) is 5.92 Å². The number of carbonyl (C=O) groups excluding carboxylic acids is 2. The quantitative estimate of drug-likeness (QED) is 0.535. The lowest BCUT2D eigenvalue weighted by atomic mass is 9.97. The van der Waals surface area contributed by atoms with Gasteiger partial charge in [-0.25, -0.2) is 0 Å². The fourth-order valence-corrected chi connectivity index (χ4v) is 4.88. The molecule has 0 N–H and O–H groups in total. The maximum atomic E-state index is 13.5. The molecular formula is C27H30N2O5. The van der Waals surface area contributed by atoms with Crippen LogP contribution in [0.5, 0.6) is 5.75 Å². The van der Waals surface area contributed by atoms with E-state index in [1.807, 2.05) is 52.3 Å². The molecular weight excluding hydrogens is 432 g/mol. The number of ether oxygens (including phenoxy) is 2. The number of hydrogen-bond donors (Lipinski definition) is 0. The first-order valence-corrected chi connectivity index (χ1v) is 12.0. The summed E-state index contributed by atoms with van der Waals surface area (Å²) >= 11 is 0. The van der Waals surface area contributed by atoms with Gasteiger partial charge in [0.1, 0.15) is 17.9 Å². The lowest BCUT2D eigenvalue weighted by molar-refractivity contribution is -0.128. The molecule has 5 rings (SSSR count). The first-order valence-electron chi connectivity index (χ1n) is 12.0. The molecule has 0 saturated carbocycles. The number of furan rings is 1. The summed E-state index contributed by atoms with van der Waals surface area (Å²) < 4.78 is 17.4. The Morgan fingerprint density at radius 3 is 2.88 bits per heavy atom. The molecule has 0 aliphatic carbocycles. The first kappa shape index (κ1) is 22.5. The van der Waals surface area contributed by atoms with Crippen molar-refractivity contribution in [3.63, 3.8) is 0 Å². The van der Waals surface area contributed by atoms with Crippen LogP contribution in [0.15, 0.2) is 59.2 Å². The maximum absolute atomic E-state index is 13.5. The molecule has 0 radical (unpaired) electrons. The molecule has 2 saturated heterocycles. The zero-order valence-electron chi connectivity index (χ0n) is 19.3. The Morgan fingerprint density at radius 2 is 2.00 bits per heavy atom. The van der Waals surface area contributed by atoms with E-state index in [4.69, 9.17) is 13.9 Å². The van der Waals surface area contributed by atoms with Crippen LogP contribution in [0, 0.1) is 5.92 Å². The minimum atomic E-state index is -0.0510. The maximum Gasteiger partial charge on any atom is 0.257 e. The molecule has 34 heavy (non-hydrogen) atoms. The smallest absolute Gasteiger partial charge is 0.257 e. The minimum absolute atomic E-state index is 0.0510. The molecule has 3 heterocycles. The predicted octanol–water partition coefficient (Wildman–Crippen LogP) is 3.77. The van der Waals surface area contributed by atoms with Crippen LogP contribution < -0.4 is 4.74 Å². The second kappa shape index (κ2) is 10.3. The number of para-hydroxylation sites is 1. The largest absolute Gasteiger partial charge is 0.491 e. The Bertz CT molecular complexity index is 1160. The topological polar surface area (TPSA) is 72.2 Å². The summed E-state index contributed by atoms with van der Waals surface area (Å²) in [6.45, 7) is 3.98. The molecule has 0 spiro atoms. The van der Waals surface area contributed by atoms with E-state index in [0.717, 1.165) is 30.4 Å². The second-order valence-electron chi connectivity index (χ2n) is 8.97. The summed E-state index contributed by atoms with van der Waals surface area (Å²) in [6.07, 6.45) is 4.04. The molecule has 0 unspecified atom stereocenters. The highest BCUT2D eigenvalue weighted by Gasteiger charge is 2.26. The summed E-state index contributed by atoms with van der Waals surface area (Å²) in [7, 11) is 0. The molecule has 7 heteroatoms. The van der Waals surface area contributed by atoms with E-state index in [0.29, 0.717) is 57.2 Å². The zero-order valence-corrected chi connectivity index (χ0v) is 19.3. The molecule has 2 aromatic carbocycles. The van der Waals surface area contributed by atoms with Crippen molar-refractivity contribution in [1.29, 1.82) is 0 Å². The number of likely N-dealkylation sites (tertiary alicyclic amines) is 1. The number of benzene rings is 2. The van der Waals surface area contributed by atoms with Gasteiger partial charge in [-0.2, -0.15) is 0 Å². The number of nitrogens with zero attached hydrogens (tertiary/aromatic N) is 2. The van der Waals surface area contributed by atoms with E-state index in [9.17, 15) is 9.59 Å². The van der Waals surface area contributed by atoms with Crippen molar-refractivity contribution in [2.45, 2.75) is 19.3 Å². The van der Waals surface area contributed by atoms with Gasteiger partial charge < -0.3 is 23.7 Å². The SMILES string of the molecule is O=C1CCCN1CCOc1ccccc1C(=O)N1CCOC[C@@H](Cc2cccc3occc23)C1. The molecule has 1 aromatic heterocycles. The van der Waals surface area contributed by atoms with Gasteiger partial charge in [0, 0.05) is 37.4 Å². The van der Waals surface area contributed by atoms with Gasteiger partial charge >= 0.3 is 0 Å². The van der Waals surface area contributed by atoms with Crippen LogP contribution >= 0.6 is 0 Å². The summed E-state index contributed by atoms with van der Waals surface area (Å²) in [4.78, 5) is 29.1. The van der Waals surface area contributed by atoms with Gasteiger partial charge in [-0.1, -0.05) is 24.3 Å². The van der Waals surface area contributed by atoms with Crippen molar-refractivity contribution < 1.29 is 23.5 Å². The summed E-state index contributed by atoms with van der Waals surface area (Å²) in [5.41, 5.74) is 2.63. The van der Waals surface area contributed by atoms with Crippen molar-refractivity contribution >= 4 is 22.8 Å². The van der Waals surface area contributed by atoms with Gasteiger partial charge in [0.05, 0.1) is 31.6 Å². The lowest BCUT2D eigenvalue weighted by Gasteiger charge is -2.25. The van der Waals surface area contributed by atoms with Gasteiger partial charge in [0.25, 0.3) is 5.91 Å². The van der Waals surface area contributed by atoms with Crippen LogP contribution in [-0.2, 0) is 16.0 Å². The molecule has 2 aliphatic heterocycles. The monoisotopic (exact) mass is 462 g/mol. The molecule has 1 atom stereocenters. The van der Waals surface area contributed by atoms with Crippen molar-refractivity contribution in [2.75, 3.05) is 46.0 Å². The minimum Gasteiger partial charge on any atom is -0.491 e. The van der Waals surface area contributed by atoms with Gasteiger partial charge in [-0.3, -0.25) is 9.59 Å². The Kier molecular flexibility index (Phi) is 6.81. The van der Waals surface area contributed by atoms with Crippen LogP contribution in [0.4, 0.5) is 0 Å². The summed E-state index contributed by atoms with van der Waals surface area (Å²) in [5, 5.41) is 1.11. The fourth-order valence-electron chi connectivity index (χ4n) is 4.88. The van der Waals surface area contributed by atoms with Crippen LogP contribution in [-0.4, -0.2) is 67.6 Å². The number of hydrogen-bond acceptors (Lipinski definition) is 5. The molecule has 7 nitrogen and oxygen atoms in total. The van der Waals surface area contributed by atoms with E-state index in [2.05, 4.69) is 6.07 Å². The highest BCUT2D eigenvalue weighted by atomic mass is 16.5. The van der Waals surface area contributed by atoms with E-state index in [1.165, 1.54) is 5.56 Å². The Morgan fingerprint density at radius 1 is 1.09 bits per heavy atom. The fraction of sp³-hybridized carbons (Fsp3) is 0.407. The average Bonchev–Trinajstić information content (AvgIpc) is 3.43. The molecule has 2 amide bonds. The third kappa shape index (κ3) is 4.94. The highest BCUT2D eigenvalue weighted by Crippen LogP contribution is 2.25. The van der Waals surface area contributed by atoms with E-state index >= 15 is 0 Å². The lowest BCUT2D eigenvalue weighted by Crippen LogP contribution is -2.36. The van der Waals surface area contributed by atoms with E-state index in [1.54, 1.807) is 6.26 Å². The van der Waals surface area contributed by atoms with E-state index < -0.39 is 0 Å². The Hall–Kier alpha value is -3.32. The number of amides is 2. The third-order valence-corrected chi connectivity index (χ3v) is 6.63. The average molecular weight is 463 g/mol. The normalized spacial score (nSPS) is 18.9. The standard InChI is InChI=1S/C27H30N2O5/c30-26-9-4-11-28(26)13-16-34-25-7-2-1-6-23(25)27(31)29-12-15-32-19-20(18-29)17-21-5-3-8-24-22(21)10-14-33-24/h1-3,5-8,10,14,20H,4,9,11-13,15-19H2/t20-/m0/s1. The third-order valence-electron chi connectivity index (χ3n) is 6.63. The zero-order chi connectivity index (χ0) is 23.3. The van der Waals surface area contributed by atoms with Crippen molar-refractivity contribution in [3.8, 4) is 5.75 Å². The molecule has 0 bridgehead atoms. The summed E-state index contributed by atoms with van der Waals surface area (Å²) in [5.74, 6) is 0.866. The van der Waals surface area contributed by atoms with Crippen LogP contribution in [0.25, 0.3) is 11.0 Å². The molecule has 2 fully saturated rings. The Balaban J connectivity index is 1.26. The number of fused-ring (bicyclic) bond motifs is 1. The van der Waals surface area contributed by atoms with Crippen LogP contribution in [0.1, 0.15) is 28.8 Å². The second-order valence-corrected chi connectivity index (χ2v) is 8.97. The van der Waals surface area contributed by atoms with E-state index in [-0.39, 0.29) is 17.7 Å². The van der Waals surface area contributed by atoms with Gasteiger partial charge in [-0.05, 0) is 42.7 Å². The van der Waals surface area contributed by atoms with Crippen LogP contribution in [0.3, 0.4) is 0 Å². The van der Waals surface area contributed by atoms with Crippen LogP contribution in [0.2, 0.25) is 0 Å². The molecule has 2 aliphatic rings. The Labute approximate surface area is 199 Å².